The molecule has 0 saturated heterocycles. The van der Waals surface area contributed by atoms with Crippen molar-refractivity contribution in [3.05, 3.63) is 46.7 Å². The van der Waals surface area contributed by atoms with Crippen LogP contribution in [0, 0.1) is 0 Å². The summed E-state index contributed by atoms with van der Waals surface area (Å²) < 4.78 is 67.3. The van der Waals surface area contributed by atoms with E-state index in [-0.39, 0.29) is 28.6 Å². The standard InChI is InChI=1S/C23H29NO7/c1-13(25)24-17-8-7-14-11-18(27-2)21(28-3)22(29-4)20(14)15-9-10-23(30-5,31-6)19(26)12-16(15)17/h9-12,17,26H,7-8H2,1-6H3,(H,24,25)/t17-/m0/s1/i5D3,10D,12D/t17-,23?. The molecule has 8 heteroatoms. The van der Waals surface area contributed by atoms with Crippen LogP contribution in [0.5, 0.6) is 17.2 Å². The molecule has 1 amide bonds. The molecule has 168 valence electrons. The number of aliphatic hydroxyl groups excluding tert-OH is 1. The first-order valence-corrected chi connectivity index (χ1v) is 9.53. The van der Waals surface area contributed by atoms with Crippen molar-refractivity contribution < 1.29 is 40.4 Å². The molecule has 0 aromatic heterocycles. The van der Waals surface area contributed by atoms with Crippen LogP contribution in [0.1, 0.15) is 31.3 Å². The van der Waals surface area contributed by atoms with Gasteiger partial charge in [0.2, 0.25) is 17.4 Å². The van der Waals surface area contributed by atoms with E-state index < -0.39 is 36.7 Å². The van der Waals surface area contributed by atoms with E-state index in [1.807, 2.05) is 0 Å². The number of rotatable bonds is 6. The summed E-state index contributed by atoms with van der Waals surface area (Å²) in [5.41, 5.74) is 1.49. The summed E-state index contributed by atoms with van der Waals surface area (Å²) in [5.74, 6) is -3.04. The van der Waals surface area contributed by atoms with Crippen LogP contribution in [-0.2, 0) is 20.7 Å². The van der Waals surface area contributed by atoms with Gasteiger partial charge in [0.1, 0.15) is 0 Å². The van der Waals surface area contributed by atoms with Crippen molar-refractivity contribution in [1.82, 2.24) is 5.32 Å². The summed E-state index contributed by atoms with van der Waals surface area (Å²) in [7, 11) is 2.29. The minimum atomic E-state index is -3.09. The minimum absolute atomic E-state index is 0.129. The summed E-state index contributed by atoms with van der Waals surface area (Å²) in [6.45, 7) is 1.32. The van der Waals surface area contributed by atoms with Gasteiger partial charge in [-0.2, -0.15) is 0 Å². The summed E-state index contributed by atoms with van der Waals surface area (Å²) in [6.07, 6.45) is 1.96. The molecule has 0 spiro atoms. The molecule has 3 rings (SSSR count). The van der Waals surface area contributed by atoms with Gasteiger partial charge >= 0.3 is 0 Å². The molecule has 0 radical (unpaired) electrons. The van der Waals surface area contributed by atoms with Gasteiger partial charge in [-0.05, 0) is 47.7 Å². The van der Waals surface area contributed by atoms with Crippen LogP contribution in [0.4, 0.5) is 0 Å². The van der Waals surface area contributed by atoms with Crippen LogP contribution in [0.25, 0.3) is 5.57 Å². The van der Waals surface area contributed by atoms with Crippen LogP contribution < -0.4 is 19.5 Å². The van der Waals surface area contributed by atoms with Crippen molar-refractivity contribution in [1.29, 1.82) is 0 Å². The average Bonchev–Trinajstić information content (AvgIpc) is 2.99. The fraction of sp³-hybridized carbons (Fsp3) is 0.435. The lowest BCUT2D eigenvalue weighted by molar-refractivity contribution is -0.161. The number of benzene rings is 1. The van der Waals surface area contributed by atoms with Crippen molar-refractivity contribution >= 4 is 11.5 Å². The molecule has 2 atom stereocenters. The molecular formula is C23H29NO7. The van der Waals surface area contributed by atoms with Crippen LogP contribution >= 0.6 is 0 Å². The molecule has 8 nitrogen and oxygen atoms in total. The summed E-state index contributed by atoms with van der Waals surface area (Å²) >= 11 is 0. The average molecular weight is 437 g/mol. The van der Waals surface area contributed by atoms with E-state index in [9.17, 15) is 9.90 Å². The lowest BCUT2D eigenvalue weighted by Crippen LogP contribution is -2.36. The third-order valence-electron chi connectivity index (χ3n) is 5.30. The molecule has 2 aliphatic rings. The molecule has 0 bridgehead atoms. The van der Waals surface area contributed by atoms with Crippen LogP contribution in [0.3, 0.4) is 0 Å². The zero-order chi connectivity index (χ0) is 27.0. The predicted octanol–water partition coefficient (Wildman–Crippen LogP) is 2.92. The molecule has 31 heavy (non-hydrogen) atoms. The topological polar surface area (TPSA) is 95.5 Å². The largest absolute Gasteiger partial charge is 0.506 e. The van der Waals surface area contributed by atoms with E-state index >= 15 is 0 Å². The van der Waals surface area contributed by atoms with Gasteiger partial charge in [0.15, 0.2) is 17.3 Å². The Labute approximate surface area is 189 Å². The zero-order valence-corrected chi connectivity index (χ0v) is 18.0. The molecule has 2 N–H and O–H groups in total. The van der Waals surface area contributed by atoms with Gasteiger partial charge in [-0.3, -0.25) is 4.79 Å². The number of allylic oxidation sites excluding steroid dienone is 2. The number of carbonyl (C=O) groups excluding carboxylic acids is 1. The first-order chi connectivity index (χ1) is 16.8. The summed E-state index contributed by atoms with van der Waals surface area (Å²) in [6, 6.07) is -0.196. The molecular weight excluding hydrogens is 402 g/mol. The Hall–Kier alpha value is -2.97. The van der Waals surface area contributed by atoms with Crippen molar-refractivity contribution in [3.63, 3.8) is 0 Å². The molecule has 0 aliphatic heterocycles. The Morgan fingerprint density at radius 3 is 2.55 bits per heavy atom. The Kier molecular flexibility index (Phi) is 4.86. The van der Waals surface area contributed by atoms with Crippen LogP contribution in [-0.4, -0.2) is 58.3 Å². The number of hydrogen-bond donors (Lipinski definition) is 2. The lowest BCUT2D eigenvalue weighted by Gasteiger charge is -2.26. The first kappa shape index (κ1) is 16.7. The summed E-state index contributed by atoms with van der Waals surface area (Å²) in [5, 5.41) is 13.9. The number of amides is 1. The maximum atomic E-state index is 12.1. The number of hydrogen-bond acceptors (Lipinski definition) is 7. The van der Waals surface area contributed by atoms with E-state index in [4.69, 9.17) is 30.5 Å². The highest BCUT2D eigenvalue weighted by molar-refractivity contribution is 5.88. The smallest absolute Gasteiger partial charge is 0.247 e. The fourth-order valence-electron chi connectivity index (χ4n) is 3.88. The van der Waals surface area contributed by atoms with E-state index in [2.05, 4.69) is 5.32 Å². The van der Waals surface area contributed by atoms with Gasteiger partial charge < -0.3 is 34.1 Å². The van der Waals surface area contributed by atoms with E-state index in [0.717, 1.165) is 7.11 Å². The highest BCUT2D eigenvalue weighted by Crippen LogP contribution is 2.48. The van der Waals surface area contributed by atoms with Crippen molar-refractivity contribution in [2.24, 2.45) is 0 Å². The third-order valence-corrected chi connectivity index (χ3v) is 5.30. The van der Waals surface area contributed by atoms with Crippen molar-refractivity contribution in [2.75, 3.05) is 35.5 Å². The van der Waals surface area contributed by atoms with Crippen molar-refractivity contribution in [3.8, 4) is 17.2 Å². The predicted molar refractivity (Wildman–Crippen MR) is 116 cm³/mol. The maximum Gasteiger partial charge on any atom is 0.247 e. The van der Waals surface area contributed by atoms with E-state index in [1.165, 1.54) is 34.3 Å². The third kappa shape index (κ3) is 3.88. The highest BCUT2D eigenvalue weighted by atomic mass is 16.7. The number of methoxy groups -OCH3 is 5. The number of ether oxygens (including phenoxy) is 5. The molecule has 0 heterocycles. The molecule has 1 aromatic rings. The monoisotopic (exact) mass is 436 g/mol. The second kappa shape index (κ2) is 9.03. The quantitative estimate of drug-likeness (QED) is 0.662. The van der Waals surface area contributed by atoms with Gasteiger partial charge in [-0.15, -0.1) is 0 Å². The molecule has 1 unspecified atom stereocenters. The van der Waals surface area contributed by atoms with Crippen LogP contribution in [0.2, 0.25) is 0 Å². The Morgan fingerprint density at radius 1 is 1.23 bits per heavy atom. The zero-order valence-electron chi connectivity index (χ0n) is 23.0. The number of aryl methyl sites for hydroxylation is 1. The normalized spacial score (nSPS) is 25.9. The fourth-order valence-corrected chi connectivity index (χ4v) is 3.88. The molecule has 0 saturated carbocycles. The summed E-state index contributed by atoms with van der Waals surface area (Å²) in [4.78, 5) is 12.1. The maximum absolute atomic E-state index is 12.1. The van der Waals surface area contributed by atoms with E-state index in [0.29, 0.717) is 29.7 Å². The van der Waals surface area contributed by atoms with Gasteiger partial charge in [-0.25, -0.2) is 0 Å². The molecule has 1 aromatic carbocycles. The first-order valence-electron chi connectivity index (χ1n) is 12.0. The SMILES string of the molecule is [2H]C1=CC2=C(C([2H])=C(O)C1(OC)OC([2H])([2H])[2H])[C@@H](NC(C)=O)CCc1cc(OC)c(OC)c(OC)c12. The second-order valence-electron chi connectivity index (χ2n) is 6.98. The molecule has 0 fully saturated rings. The Bertz CT molecular complexity index is 1160. The Balaban J connectivity index is 2.49. The van der Waals surface area contributed by atoms with E-state index in [1.54, 1.807) is 6.07 Å². The second-order valence-corrected chi connectivity index (χ2v) is 6.98. The molecule has 2 aliphatic carbocycles. The van der Waals surface area contributed by atoms with Crippen LogP contribution in [0.15, 0.2) is 35.6 Å². The number of nitrogens with one attached hydrogen (secondary N) is 1. The van der Waals surface area contributed by atoms with Crippen molar-refractivity contribution in [2.45, 2.75) is 31.6 Å². The number of fused-ring (bicyclic) bond motifs is 2. The minimum Gasteiger partial charge on any atom is -0.506 e. The number of carbonyl (C=O) groups is 1. The van der Waals surface area contributed by atoms with Gasteiger partial charge in [0, 0.05) is 26.6 Å². The van der Waals surface area contributed by atoms with Gasteiger partial charge in [0.25, 0.3) is 0 Å². The number of aliphatic hydroxyl groups is 1. The van der Waals surface area contributed by atoms with Gasteiger partial charge in [-0.1, -0.05) is 6.08 Å². The van der Waals surface area contributed by atoms with Gasteiger partial charge in [0.05, 0.1) is 34.2 Å². The lowest BCUT2D eigenvalue weighted by atomic mass is 9.93. The Morgan fingerprint density at radius 2 is 1.97 bits per heavy atom. The highest BCUT2D eigenvalue weighted by Gasteiger charge is 2.37.